The fraction of sp³-hybridized carbons (Fsp3) is 0.417. The van der Waals surface area contributed by atoms with Gasteiger partial charge >= 0.3 is 0 Å². The summed E-state index contributed by atoms with van der Waals surface area (Å²) in [7, 11) is 0.425. The molecule has 5 heteroatoms. The summed E-state index contributed by atoms with van der Waals surface area (Å²) in [5.74, 6) is 0.978. The molecule has 3 nitrogen and oxygen atoms in total. The van der Waals surface area contributed by atoms with Gasteiger partial charge in [0, 0.05) is 22.1 Å². The van der Waals surface area contributed by atoms with Crippen LogP contribution in [0.3, 0.4) is 0 Å². The van der Waals surface area contributed by atoms with Crippen molar-refractivity contribution in [2.45, 2.75) is 13.3 Å². The van der Waals surface area contributed by atoms with Crippen molar-refractivity contribution in [3.8, 4) is 5.75 Å². The Bertz CT molecular complexity index is 432. The summed E-state index contributed by atoms with van der Waals surface area (Å²) < 4.78 is 16.5. The molecule has 0 saturated carbocycles. The van der Waals surface area contributed by atoms with E-state index in [4.69, 9.17) is 16.3 Å². The Labute approximate surface area is 109 Å². The zero-order valence-electron chi connectivity index (χ0n) is 9.86. The average Bonchev–Trinajstić information content (AvgIpc) is 2.29. The van der Waals surface area contributed by atoms with E-state index >= 15 is 0 Å². The highest BCUT2D eigenvalue weighted by Gasteiger charge is 2.12. The number of Topliss-reactive ketones (excluding diaryl/α,β-unsaturated/α-hetero) is 1. The van der Waals surface area contributed by atoms with E-state index in [1.165, 1.54) is 7.11 Å². The summed E-state index contributed by atoms with van der Waals surface area (Å²) in [6, 6.07) is 4.82. The quantitative estimate of drug-likeness (QED) is 0.749. The molecule has 0 radical (unpaired) electrons. The summed E-state index contributed by atoms with van der Waals surface area (Å²) in [5.41, 5.74) is 0.472. The number of methoxy groups -OCH3 is 1. The molecule has 1 unspecified atom stereocenters. The van der Waals surface area contributed by atoms with Crippen LogP contribution in [0.4, 0.5) is 0 Å². The van der Waals surface area contributed by atoms with Gasteiger partial charge in [0.25, 0.3) is 0 Å². The second kappa shape index (κ2) is 6.77. The summed E-state index contributed by atoms with van der Waals surface area (Å²) in [4.78, 5) is 11.8. The number of halogens is 1. The minimum absolute atomic E-state index is 0.0521. The molecule has 94 valence electrons. The van der Waals surface area contributed by atoms with Crippen molar-refractivity contribution >= 4 is 28.2 Å². The first kappa shape index (κ1) is 14.2. The number of hydrogen-bond donors (Lipinski definition) is 0. The lowest BCUT2D eigenvalue weighted by molar-refractivity contribution is 0.102. The van der Waals surface area contributed by atoms with Gasteiger partial charge in [-0.3, -0.25) is 9.00 Å². The summed E-state index contributed by atoms with van der Waals surface area (Å²) in [5, 5.41) is 0.389. The maximum absolute atomic E-state index is 11.8. The first-order valence-corrected chi connectivity index (χ1v) is 7.16. The number of carbonyl (C=O) groups excluding carboxylic acids is 1. The van der Waals surface area contributed by atoms with E-state index in [1.807, 2.05) is 6.92 Å². The number of rotatable bonds is 6. The molecule has 1 rings (SSSR count). The average molecular weight is 275 g/mol. The van der Waals surface area contributed by atoms with E-state index in [9.17, 15) is 9.00 Å². The highest BCUT2D eigenvalue weighted by atomic mass is 35.5. The molecule has 0 aliphatic rings. The zero-order valence-corrected chi connectivity index (χ0v) is 11.4. The third-order valence-electron chi connectivity index (χ3n) is 2.20. The van der Waals surface area contributed by atoms with Gasteiger partial charge < -0.3 is 4.74 Å². The van der Waals surface area contributed by atoms with Crippen molar-refractivity contribution in [3.63, 3.8) is 0 Å². The molecular formula is C12H15ClO3S. The van der Waals surface area contributed by atoms with Crippen molar-refractivity contribution in [2.75, 3.05) is 18.6 Å². The van der Waals surface area contributed by atoms with Gasteiger partial charge in [-0.15, -0.1) is 0 Å². The molecule has 0 spiro atoms. The van der Waals surface area contributed by atoms with Gasteiger partial charge in [0.2, 0.25) is 0 Å². The van der Waals surface area contributed by atoms with Crippen LogP contribution < -0.4 is 4.74 Å². The highest BCUT2D eigenvalue weighted by Crippen LogP contribution is 2.25. The molecule has 0 heterocycles. The molecule has 1 aromatic carbocycles. The molecule has 0 N–H and O–H groups in total. The molecule has 1 aromatic rings. The number of benzene rings is 1. The van der Waals surface area contributed by atoms with Crippen molar-refractivity contribution in [2.24, 2.45) is 0 Å². The molecule has 0 bridgehead atoms. The summed E-state index contributed by atoms with van der Waals surface area (Å²) in [6.45, 7) is 1.94. The molecule has 1 atom stereocenters. The highest BCUT2D eigenvalue weighted by molar-refractivity contribution is 7.85. The van der Waals surface area contributed by atoms with Crippen LogP contribution in [0.15, 0.2) is 18.2 Å². The Morgan fingerprint density at radius 3 is 2.71 bits per heavy atom. The standard InChI is InChI=1S/C12H15ClO3S/c1-3-6-17(15)8-11(14)9-4-5-12(16-2)10(13)7-9/h4-5,7H,3,6,8H2,1-2H3. The Kier molecular flexibility index (Phi) is 5.65. The number of ketones is 1. The van der Waals surface area contributed by atoms with Crippen molar-refractivity contribution in [1.29, 1.82) is 0 Å². The van der Waals surface area contributed by atoms with Crippen LogP contribution in [0.5, 0.6) is 5.75 Å². The smallest absolute Gasteiger partial charge is 0.175 e. The van der Waals surface area contributed by atoms with Gasteiger partial charge in [-0.25, -0.2) is 0 Å². The van der Waals surface area contributed by atoms with Gasteiger partial charge in [0.1, 0.15) is 5.75 Å². The van der Waals surface area contributed by atoms with Crippen LogP contribution in [0, 0.1) is 0 Å². The van der Waals surface area contributed by atoms with Gasteiger partial charge in [-0.05, 0) is 24.6 Å². The minimum Gasteiger partial charge on any atom is -0.495 e. The van der Waals surface area contributed by atoms with E-state index in [0.717, 1.165) is 6.42 Å². The van der Waals surface area contributed by atoms with E-state index < -0.39 is 10.8 Å². The van der Waals surface area contributed by atoms with Gasteiger partial charge in [0.15, 0.2) is 5.78 Å². The Balaban J connectivity index is 2.76. The first-order chi connectivity index (χ1) is 8.08. The van der Waals surface area contributed by atoms with Crippen LogP contribution in [-0.2, 0) is 10.8 Å². The van der Waals surface area contributed by atoms with Crippen LogP contribution in [0.2, 0.25) is 5.02 Å². The fourth-order valence-electron chi connectivity index (χ4n) is 1.37. The van der Waals surface area contributed by atoms with E-state index in [2.05, 4.69) is 0 Å². The second-order valence-corrected chi connectivity index (χ2v) is 5.54. The Morgan fingerprint density at radius 2 is 2.18 bits per heavy atom. The Morgan fingerprint density at radius 1 is 1.47 bits per heavy atom. The fourth-order valence-corrected chi connectivity index (χ4v) is 2.69. The van der Waals surface area contributed by atoms with E-state index in [-0.39, 0.29) is 11.5 Å². The predicted molar refractivity (Wildman–Crippen MR) is 70.5 cm³/mol. The predicted octanol–water partition coefficient (Wildman–Crippen LogP) is 2.69. The SMILES string of the molecule is CCCS(=O)CC(=O)c1ccc(OC)c(Cl)c1. The molecule has 0 aromatic heterocycles. The largest absolute Gasteiger partial charge is 0.495 e. The van der Waals surface area contributed by atoms with Crippen molar-refractivity contribution < 1.29 is 13.7 Å². The molecule has 0 amide bonds. The van der Waals surface area contributed by atoms with Gasteiger partial charge in [-0.1, -0.05) is 18.5 Å². The molecule has 0 aliphatic heterocycles. The van der Waals surface area contributed by atoms with Crippen molar-refractivity contribution in [3.05, 3.63) is 28.8 Å². The number of hydrogen-bond acceptors (Lipinski definition) is 3. The lowest BCUT2D eigenvalue weighted by Gasteiger charge is -2.05. The minimum atomic E-state index is -1.09. The monoisotopic (exact) mass is 274 g/mol. The Hall–Kier alpha value is -0.870. The third-order valence-corrected chi connectivity index (χ3v) is 3.94. The third kappa shape index (κ3) is 4.13. The second-order valence-electron chi connectivity index (χ2n) is 3.56. The molecule has 0 saturated heterocycles. The van der Waals surface area contributed by atoms with Gasteiger partial charge in [0.05, 0.1) is 17.9 Å². The first-order valence-electron chi connectivity index (χ1n) is 5.30. The van der Waals surface area contributed by atoms with Crippen LogP contribution in [0.25, 0.3) is 0 Å². The number of ether oxygens (including phenoxy) is 1. The maximum atomic E-state index is 11.8. The van der Waals surface area contributed by atoms with Gasteiger partial charge in [-0.2, -0.15) is 0 Å². The number of carbonyl (C=O) groups is 1. The van der Waals surface area contributed by atoms with Crippen LogP contribution in [-0.4, -0.2) is 28.6 Å². The topological polar surface area (TPSA) is 43.4 Å². The summed E-state index contributed by atoms with van der Waals surface area (Å²) >= 11 is 5.92. The normalized spacial score (nSPS) is 12.2. The van der Waals surface area contributed by atoms with Crippen molar-refractivity contribution in [1.82, 2.24) is 0 Å². The summed E-state index contributed by atoms with van der Waals surface area (Å²) in [6.07, 6.45) is 0.809. The van der Waals surface area contributed by atoms with E-state index in [1.54, 1.807) is 18.2 Å². The maximum Gasteiger partial charge on any atom is 0.175 e. The van der Waals surface area contributed by atoms with E-state index in [0.29, 0.717) is 22.1 Å². The van der Waals surface area contributed by atoms with Crippen LogP contribution in [0.1, 0.15) is 23.7 Å². The lowest BCUT2D eigenvalue weighted by Crippen LogP contribution is -2.13. The molecule has 17 heavy (non-hydrogen) atoms. The molecular weight excluding hydrogens is 260 g/mol. The zero-order chi connectivity index (χ0) is 12.8. The molecule has 0 fully saturated rings. The lowest BCUT2D eigenvalue weighted by atomic mass is 10.1. The van der Waals surface area contributed by atoms with Crippen LogP contribution >= 0.6 is 11.6 Å². The molecule has 0 aliphatic carbocycles.